The lowest BCUT2D eigenvalue weighted by molar-refractivity contribution is -0.145. The summed E-state index contributed by atoms with van der Waals surface area (Å²) in [4.78, 5) is 35.8. The molecule has 1 atom stereocenters. The van der Waals surface area contributed by atoms with E-state index in [0.29, 0.717) is 25.1 Å². The summed E-state index contributed by atoms with van der Waals surface area (Å²) in [6, 6.07) is 15.6. The highest BCUT2D eigenvalue weighted by Crippen LogP contribution is 2.41. The smallest absolute Gasteiger partial charge is 0.326 e. The Morgan fingerprint density at radius 2 is 1.63 bits per heavy atom. The summed E-state index contributed by atoms with van der Waals surface area (Å²) in [6.07, 6.45) is 0.607. The van der Waals surface area contributed by atoms with Gasteiger partial charge in [0.1, 0.15) is 17.5 Å². The van der Waals surface area contributed by atoms with Crippen LogP contribution in [-0.4, -0.2) is 53.0 Å². The van der Waals surface area contributed by atoms with E-state index in [1.807, 2.05) is 50.5 Å². The van der Waals surface area contributed by atoms with Gasteiger partial charge < -0.3 is 24.8 Å². The van der Waals surface area contributed by atoms with Crippen LogP contribution in [0.1, 0.15) is 67.3 Å². The van der Waals surface area contributed by atoms with Gasteiger partial charge in [-0.25, -0.2) is 13.2 Å². The Hall–Kier alpha value is -4.12. The van der Waals surface area contributed by atoms with Crippen molar-refractivity contribution in [1.29, 1.82) is 0 Å². The predicted octanol–water partition coefficient (Wildman–Crippen LogP) is 4.39. The first-order valence-electron chi connectivity index (χ1n) is 13.4. The number of benzene rings is 2. The van der Waals surface area contributed by atoms with E-state index in [1.165, 1.54) is 12.1 Å². The molecule has 0 radical (unpaired) electrons. The number of rotatable bonds is 14. The normalized spacial score (nSPS) is 12.5. The zero-order valence-electron chi connectivity index (χ0n) is 23.6. The molecule has 3 rings (SSSR count). The van der Waals surface area contributed by atoms with Crippen LogP contribution in [0.25, 0.3) is 0 Å². The van der Waals surface area contributed by atoms with Gasteiger partial charge in [0, 0.05) is 17.7 Å². The molecule has 1 amide bonds. The van der Waals surface area contributed by atoms with Crippen molar-refractivity contribution in [3.05, 3.63) is 83.2 Å². The molecule has 0 fully saturated rings. The van der Waals surface area contributed by atoms with Gasteiger partial charge in [0.2, 0.25) is 9.84 Å². The number of aliphatic carboxylic acids is 2. The molecule has 220 valence electrons. The summed E-state index contributed by atoms with van der Waals surface area (Å²) in [6.45, 7) is 8.21. The highest BCUT2D eigenvalue weighted by molar-refractivity contribution is 7.91. The van der Waals surface area contributed by atoms with Crippen molar-refractivity contribution in [2.24, 2.45) is 0 Å². The highest BCUT2D eigenvalue weighted by atomic mass is 32.2. The molecule has 3 aromatic rings. The molecule has 0 saturated carbocycles. The second kappa shape index (κ2) is 13.0. The zero-order valence-corrected chi connectivity index (χ0v) is 24.4. The minimum atomic E-state index is -3.63. The summed E-state index contributed by atoms with van der Waals surface area (Å²) >= 11 is 0. The van der Waals surface area contributed by atoms with Gasteiger partial charge in [-0.3, -0.25) is 9.59 Å². The van der Waals surface area contributed by atoms with Gasteiger partial charge in [-0.1, -0.05) is 44.2 Å². The van der Waals surface area contributed by atoms with Crippen molar-refractivity contribution in [2.75, 3.05) is 5.94 Å². The Balaban J connectivity index is 1.93. The Morgan fingerprint density at radius 3 is 2.17 bits per heavy atom. The molecule has 3 N–H and O–H groups in total. The third kappa shape index (κ3) is 6.79. The number of nitrogens with one attached hydrogen (secondary N) is 1. The van der Waals surface area contributed by atoms with E-state index in [4.69, 9.17) is 9.84 Å². The van der Waals surface area contributed by atoms with Crippen LogP contribution in [0.4, 0.5) is 0 Å². The maximum absolute atomic E-state index is 13.1. The van der Waals surface area contributed by atoms with E-state index >= 15 is 0 Å². The van der Waals surface area contributed by atoms with Crippen LogP contribution >= 0.6 is 0 Å². The van der Waals surface area contributed by atoms with Crippen molar-refractivity contribution in [1.82, 2.24) is 9.88 Å². The lowest BCUT2D eigenvalue weighted by Gasteiger charge is -2.34. The van der Waals surface area contributed by atoms with E-state index < -0.39 is 51.5 Å². The minimum absolute atomic E-state index is 0.183. The second-order valence-corrected chi connectivity index (χ2v) is 11.7. The average Bonchev–Trinajstić information content (AvgIpc) is 3.38. The third-order valence-electron chi connectivity index (χ3n) is 7.41. The summed E-state index contributed by atoms with van der Waals surface area (Å²) < 4.78 is 32.9. The number of sulfone groups is 1. The summed E-state index contributed by atoms with van der Waals surface area (Å²) in [5, 5.41) is 20.7. The van der Waals surface area contributed by atoms with Crippen LogP contribution in [-0.2, 0) is 31.4 Å². The molecule has 2 aromatic carbocycles. The van der Waals surface area contributed by atoms with Gasteiger partial charge in [-0.05, 0) is 68.1 Å². The number of amides is 1. The summed E-state index contributed by atoms with van der Waals surface area (Å²) in [5.74, 6) is -3.49. The Kier molecular flexibility index (Phi) is 9.98. The Labute approximate surface area is 239 Å². The number of carbonyl (C=O) groups excluding carboxylic acids is 1. The number of aromatic nitrogens is 1. The van der Waals surface area contributed by atoms with E-state index in [1.54, 1.807) is 30.3 Å². The van der Waals surface area contributed by atoms with Crippen molar-refractivity contribution in [3.8, 4) is 5.75 Å². The monoisotopic (exact) mass is 584 g/mol. The van der Waals surface area contributed by atoms with Crippen LogP contribution in [0.5, 0.6) is 5.75 Å². The molecular formula is C30H36N2O8S. The molecule has 11 heteroatoms. The van der Waals surface area contributed by atoms with Gasteiger partial charge >= 0.3 is 11.9 Å². The van der Waals surface area contributed by atoms with Crippen LogP contribution in [0, 0.1) is 6.92 Å². The molecule has 0 unspecified atom stereocenters. The first-order chi connectivity index (χ1) is 19.4. The number of hydrogen-bond acceptors (Lipinski definition) is 6. The van der Waals surface area contributed by atoms with Crippen molar-refractivity contribution in [2.45, 2.75) is 69.9 Å². The summed E-state index contributed by atoms with van der Waals surface area (Å²) in [7, 11) is -3.63. The number of nitrogens with zero attached hydrogens (tertiary/aromatic N) is 1. The maximum atomic E-state index is 13.1. The first kappa shape index (κ1) is 31.4. The standard InChI is InChI=1S/C30H36N2O8S/c1-5-30(6-2,26-16-14-24(32(26)7-3)28(35)31-23(29(36)37)18-27(33)34)21-13-15-25(20(4)17-21)40-19-41(38,39)22-11-9-8-10-12-22/h8-17,23H,5-7,18-19H2,1-4H3,(H,31,35)(H,33,34)(H,36,37)/t23-/m0/s1. The molecule has 0 bridgehead atoms. The molecule has 41 heavy (non-hydrogen) atoms. The topological polar surface area (TPSA) is 152 Å². The molecular weight excluding hydrogens is 548 g/mol. The fraction of sp³-hybridized carbons (Fsp3) is 0.367. The van der Waals surface area contributed by atoms with Gasteiger partial charge in [0.15, 0.2) is 5.94 Å². The van der Waals surface area contributed by atoms with Crippen LogP contribution in [0.3, 0.4) is 0 Å². The van der Waals surface area contributed by atoms with E-state index in [2.05, 4.69) is 5.32 Å². The average molecular weight is 585 g/mol. The molecule has 10 nitrogen and oxygen atoms in total. The molecule has 0 spiro atoms. The largest absolute Gasteiger partial charge is 0.481 e. The highest BCUT2D eigenvalue weighted by Gasteiger charge is 2.35. The number of ether oxygens (including phenoxy) is 1. The third-order valence-corrected chi connectivity index (χ3v) is 8.83. The fourth-order valence-electron chi connectivity index (χ4n) is 5.15. The summed E-state index contributed by atoms with van der Waals surface area (Å²) in [5.41, 5.74) is 2.25. The number of carbonyl (C=O) groups is 3. The molecule has 0 saturated heterocycles. The predicted molar refractivity (Wildman–Crippen MR) is 153 cm³/mol. The second-order valence-electron chi connectivity index (χ2n) is 9.77. The quantitative estimate of drug-likeness (QED) is 0.252. The molecule has 0 aliphatic carbocycles. The minimum Gasteiger partial charge on any atom is -0.481 e. The number of carboxylic acid groups (broad SMARTS) is 2. The molecule has 1 aromatic heterocycles. The molecule has 1 heterocycles. The van der Waals surface area contributed by atoms with Crippen molar-refractivity contribution < 1.29 is 37.8 Å². The van der Waals surface area contributed by atoms with Crippen LogP contribution < -0.4 is 10.1 Å². The van der Waals surface area contributed by atoms with Crippen molar-refractivity contribution in [3.63, 3.8) is 0 Å². The Bertz CT molecular complexity index is 1510. The van der Waals surface area contributed by atoms with Gasteiger partial charge in [-0.15, -0.1) is 0 Å². The lowest BCUT2D eigenvalue weighted by atomic mass is 9.72. The van der Waals surface area contributed by atoms with Crippen LogP contribution in [0.15, 0.2) is 65.6 Å². The van der Waals surface area contributed by atoms with Gasteiger partial charge in [0.25, 0.3) is 5.91 Å². The van der Waals surface area contributed by atoms with E-state index in [0.717, 1.165) is 16.8 Å². The number of carboxylic acids is 2. The number of hydrogen-bond donors (Lipinski definition) is 3. The number of aryl methyl sites for hydroxylation is 1. The van der Waals surface area contributed by atoms with Gasteiger partial charge in [0.05, 0.1) is 11.3 Å². The van der Waals surface area contributed by atoms with E-state index in [9.17, 15) is 27.9 Å². The van der Waals surface area contributed by atoms with Crippen LogP contribution in [0.2, 0.25) is 0 Å². The van der Waals surface area contributed by atoms with Crippen molar-refractivity contribution >= 4 is 27.7 Å². The SMILES string of the molecule is CCn1c(C(=O)N[C@@H](CC(=O)O)C(=O)O)ccc1C(CC)(CC)c1ccc(OCS(=O)(=O)c2ccccc2)c(C)c1. The lowest BCUT2D eigenvalue weighted by Crippen LogP contribution is -2.43. The molecule has 0 aliphatic rings. The Morgan fingerprint density at radius 1 is 0.976 bits per heavy atom. The fourth-order valence-corrected chi connectivity index (χ4v) is 6.14. The maximum Gasteiger partial charge on any atom is 0.326 e. The molecule has 0 aliphatic heterocycles. The van der Waals surface area contributed by atoms with E-state index in [-0.39, 0.29) is 10.6 Å². The first-order valence-corrected chi connectivity index (χ1v) is 15.0. The zero-order chi connectivity index (χ0) is 30.4. The van der Waals surface area contributed by atoms with Gasteiger partial charge in [-0.2, -0.15) is 0 Å².